The highest BCUT2D eigenvalue weighted by Crippen LogP contribution is 2.19. The Labute approximate surface area is 82.9 Å². The van der Waals surface area contributed by atoms with Crippen molar-refractivity contribution in [3.8, 4) is 0 Å². The summed E-state index contributed by atoms with van der Waals surface area (Å²) in [5.41, 5.74) is 3.09. The second-order valence-corrected chi connectivity index (χ2v) is 2.98. The first-order valence-corrected chi connectivity index (χ1v) is 4.39. The quantitative estimate of drug-likeness (QED) is 0.713. The van der Waals surface area contributed by atoms with Crippen LogP contribution in [0.5, 0.6) is 0 Å². The van der Waals surface area contributed by atoms with E-state index in [4.69, 9.17) is 0 Å². The van der Waals surface area contributed by atoms with Crippen molar-refractivity contribution in [1.29, 1.82) is 0 Å². The van der Waals surface area contributed by atoms with E-state index in [0.29, 0.717) is 0 Å². The van der Waals surface area contributed by atoms with Crippen LogP contribution in [-0.4, -0.2) is 10.2 Å². The van der Waals surface area contributed by atoms with Crippen LogP contribution in [0.1, 0.15) is 11.1 Å². The molecule has 1 aromatic heterocycles. The summed E-state index contributed by atoms with van der Waals surface area (Å²) in [6.45, 7) is 4.03. The maximum atomic E-state index is 4.03. The van der Waals surface area contributed by atoms with Gasteiger partial charge in [-0.05, 0) is 17.2 Å². The van der Waals surface area contributed by atoms with E-state index in [1.807, 2.05) is 36.4 Å². The topological polar surface area (TPSA) is 25.8 Å². The molecule has 0 unspecified atom stereocenters. The zero-order valence-corrected chi connectivity index (χ0v) is 7.72. The van der Waals surface area contributed by atoms with Crippen molar-refractivity contribution < 1.29 is 0 Å². The summed E-state index contributed by atoms with van der Waals surface area (Å²) in [5, 5.41) is 7.55. The lowest BCUT2D eigenvalue weighted by Gasteiger charge is -2.03. The number of nitrogens with zero attached hydrogens (tertiary/aromatic N) is 2. The van der Waals surface area contributed by atoms with Crippen molar-refractivity contribution in [1.82, 2.24) is 10.2 Å². The Morgan fingerprint density at radius 3 is 2.36 bits per heavy atom. The van der Waals surface area contributed by atoms with Crippen molar-refractivity contribution >= 4 is 5.57 Å². The van der Waals surface area contributed by atoms with Gasteiger partial charge in [-0.1, -0.05) is 36.9 Å². The Morgan fingerprint density at radius 2 is 1.71 bits per heavy atom. The minimum absolute atomic E-state index is 0.973. The van der Waals surface area contributed by atoms with Gasteiger partial charge in [0.05, 0.1) is 12.4 Å². The van der Waals surface area contributed by atoms with Crippen LogP contribution >= 0.6 is 0 Å². The monoisotopic (exact) mass is 182 g/mol. The molecule has 0 bridgehead atoms. The fraction of sp³-hybridized carbons (Fsp3) is 0. The first kappa shape index (κ1) is 8.63. The normalized spacial score (nSPS) is 9.71. The third-order valence-corrected chi connectivity index (χ3v) is 2.05. The predicted octanol–water partition coefficient (Wildman–Crippen LogP) is 2.54. The number of benzene rings is 1. The molecule has 0 saturated carbocycles. The van der Waals surface area contributed by atoms with E-state index in [-0.39, 0.29) is 0 Å². The molecule has 2 aromatic rings. The molecule has 0 spiro atoms. The van der Waals surface area contributed by atoms with Gasteiger partial charge in [-0.25, -0.2) is 0 Å². The molecular weight excluding hydrogens is 172 g/mol. The molecule has 0 aliphatic heterocycles. The van der Waals surface area contributed by atoms with Gasteiger partial charge in [-0.3, -0.25) is 0 Å². The Kier molecular flexibility index (Phi) is 2.36. The van der Waals surface area contributed by atoms with Crippen LogP contribution in [0.4, 0.5) is 0 Å². The lowest BCUT2D eigenvalue weighted by molar-refractivity contribution is 1.02. The summed E-state index contributed by atoms with van der Waals surface area (Å²) < 4.78 is 0. The molecule has 0 atom stereocenters. The summed E-state index contributed by atoms with van der Waals surface area (Å²) in [6, 6.07) is 11.9. The lowest BCUT2D eigenvalue weighted by Crippen LogP contribution is -1.87. The first-order chi connectivity index (χ1) is 6.88. The van der Waals surface area contributed by atoms with Crippen LogP contribution < -0.4 is 0 Å². The van der Waals surface area contributed by atoms with E-state index < -0.39 is 0 Å². The molecule has 2 rings (SSSR count). The molecule has 2 heteroatoms. The summed E-state index contributed by atoms with van der Waals surface area (Å²) in [7, 11) is 0. The van der Waals surface area contributed by atoms with Gasteiger partial charge in [0.1, 0.15) is 0 Å². The molecule has 68 valence electrons. The van der Waals surface area contributed by atoms with Crippen molar-refractivity contribution in [3.05, 3.63) is 66.5 Å². The van der Waals surface area contributed by atoms with E-state index in [0.717, 1.165) is 16.7 Å². The van der Waals surface area contributed by atoms with E-state index in [2.05, 4.69) is 16.8 Å². The minimum atomic E-state index is 0.973. The molecule has 0 fully saturated rings. The lowest BCUT2D eigenvalue weighted by atomic mass is 10.0. The van der Waals surface area contributed by atoms with Crippen LogP contribution in [0.25, 0.3) is 5.57 Å². The van der Waals surface area contributed by atoms with Crippen LogP contribution in [0.15, 0.2) is 55.4 Å². The Bertz CT molecular complexity index is 379. The van der Waals surface area contributed by atoms with Gasteiger partial charge >= 0.3 is 0 Å². The number of aromatic nitrogens is 2. The average Bonchev–Trinajstić information content (AvgIpc) is 2.30. The van der Waals surface area contributed by atoms with Crippen molar-refractivity contribution in [2.75, 3.05) is 0 Å². The van der Waals surface area contributed by atoms with Gasteiger partial charge in [0.15, 0.2) is 0 Å². The Morgan fingerprint density at radius 1 is 0.929 bits per heavy atom. The van der Waals surface area contributed by atoms with Crippen LogP contribution in [0.3, 0.4) is 0 Å². The SMILES string of the molecule is C=C(c1ccccc1)c1ccnnc1. The van der Waals surface area contributed by atoms with Crippen molar-refractivity contribution in [3.63, 3.8) is 0 Å². The molecular formula is C12H10N2. The molecule has 2 nitrogen and oxygen atoms in total. The fourth-order valence-corrected chi connectivity index (χ4v) is 1.28. The fourth-order valence-electron chi connectivity index (χ4n) is 1.28. The van der Waals surface area contributed by atoms with Crippen LogP contribution in [0.2, 0.25) is 0 Å². The zero-order chi connectivity index (χ0) is 9.80. The standard InChI is InChI=1S/C12H10N2/c1-10(11-5-3-2-4-6-11)12-7-8-13-14-9-12/h2-9H,1H2. The highest BCUT2D eigenvalue weighted by Gasteiger charge is 2.00. The maximum Gasteiger partial charge on any atom is 0.0574 e. The molecule has 14 heavy (non-hydrogen) atoms. The molecule has 0 radical (unpaired) electrons. The molecule has 0 aliphatic rings. The van der Waals surface area contributed by atoms with E-state index in [1.165, 1.54) is 0 Å². The van der Waals surface area contributed by atoms with Gasteiger partial charge < -0.3 is 0 Å². The molecule has 0 saturated heterocycles. The first-order valence-electron chi connectivity index (χ1n) is 4.39. The zero-order valence-electron chi connectivity index (χ0n) is 7.72. The summed E-state index contributed by atoms with van der Waals surface area (Å²) in [6.07, 6.45) is 3.39. The van der Waals surface area contributed by atoms with Crippen molar-refractivity contribution in [2.45, 2.75) is 0 Å². The molecule has 0 amide bonds. The van der Waals surface area contributed by atoms with Gasteiger partial charge in [0.2, 0.25) is 0 Å². The molecule has 1 aromatic carbocycles. The van der Waals surface area contributed by atoms with Crippen molar-refractivity contribution in [2.24, 2.45) is 0 Å². The number of hydrogen-bond donors (Lipinski definition) is 0. The van der Waals surface area contributed by atoms with Gasteiger partial charge in [-0.2, -0.15) is 10.2 Å². The highest BCUT2D eigenvalue weighted by molar-refractivity contribution is 5.77. The second kappa shape index (κ2) is 3.83. The third kappa shape index (κ3) is 1.69. The predicted molar refractivity (Wildman–Crippen MR) is 56.6 cm³/mol. The van der Waals surface area contributed by atoms with Gasteiger partial charge in [0.25, 0.3) is 0 Å². The maximum absolute atomic E-state index is 4.03. The Balaban J connectivity index is 2.35. The average molecular weight is 182 g/mol. The summed E-state index contributed by atoms with van der Waals surface area (Å²) in [4.78, 5) is 0. The molecule has 0 aliphatic carbocycles. The smallest absolute Gasteiger partial charge is 0.0574 e. The minimum Gasteiger partial charge on any atom is -0.159 e. The van der Waals surface area contributed by atoms with E-state index in [1.54, 1.807) is 12.4 Å². The van der Waals surface area contributed by atoms with Crippen LogP contribution in [-0.2, 0) is 0 Å². The van der Waals surface area contributed by atoms with Gasteiger partial charge in [-0.15, -0.1) is 0 Å². The van der Waals surface area contributed by atoms with Gasteiger partial charge in [0, 0.05) is 5.56 Å². The number of rotatable bonds is 2. The largest absolute Gasteiger partial charge is 0.159 e. The molecule has 1 heterocycles. The van der Waals surface area contributed by atoms with E-state index >= 15 is 0 Å². The highest BCUT2D eigenvalue weighted by atomic mass is 15.1. The summed E-state index contributed by atoms with van der Waals surface area (Å²) >= 11 is 0. The molecule has 0 N–H and O–H groups in total. The van der Waals surface area contributed by atoms with E-state index in [9.17, 15) is 0 Å². The second-order valence-electron chi connectivity index (χ2n) is 2.98. The Hall–Kier alpha value is -1.96. The van der Waals surface area contributed by atoms with Crippen LogP contribution in [0, 0.1) is 0 Å². The third-order valence-electron chi connectivity index (χ3n) is 2.05. The number of hydrogen-bond acceptors (Lipinski definition) is 2. The summed E-state index contributed by atoms with van der Waals surface area (Å²) in [5.74, 6) is 0.